The van der Waals surface area contributed by atoms with Crippen LogP contribution < -0.4 is 5.32 Å². The second-order valence-electron chi connectivity index (χ2n) is 6.93. The molecule has 0 radical (unpaired) electrons. The van der Waals surface area contributed by atoms with Crippen LogP contribution in [0.2, 0.25) is 0 Å². The van der Waals surface area contributed by atoms with Crippen molar-refractivity contribution in [1.82, 2.24) is 5.32 Å². The Balaban J connectivity index is 2.20. The molecule has 1 unspecified atom stereocenters. The lowest BCUT2D eigenvalue weighted by atomic mass is 9.90. The Morgan fingerprint density at radius 2 is 1.97 bits per heavy atom. The second kappa shape index (κ2) is 9.27. The highest BCUT2D eigenvalue weighted by atomic mass is 32.2. The van der Waals surface area contributed by atoms with Crippen LogP contribution in [0, 0.1) is 0 Å². The highest BCUT2D eigenvalue weighted by Crippen LogP contribution is 2.41. The number of hydrogen-bond acceptors (Lipinski definition) is 5. The summed E-state index contributed by atoms with van der Waals surface area (Å²) in [7, 11) is -3.40. The fourth-order valence-electron chi connectivity index (χ4n) is 3.08. The minimum absolute atomic E-state index is 0.0742. The number of aliphatic hydroxyl groups is 1. The van der Waals surface area contributed by atoms with Crippen molar-refractivity contribution in [2.75, 3.05) is 19.5 Å². The molecule has 1 saturated heterocycles. The average molecular weight is 435 g/mol. The molecule has 0 aliphatic carbocycles. The van der Waals surface area contributed by atoms with Gasteiger partial charge in [-0.25, -0.2) is 8.42 Å². The van der Waals surface area contributed by atoms with Crippen LogP contribution in [0.3, 0.4) is 0 Å². The number of sulfone groups is 1. The summed E-state index contributed by atoms with van der Waals surface area (Å²) in [4.78, 5) is 12.7. The minimum Gasteiger partial charge on any atom is -0.396 e. The Morgan fingerprint density at radius 1 is 1.31 bits per heavy atom. The molecule has 1 atom stereocenters. The lowest BCUT2D eigenvalue weighted by Crippen LogP contribution is -2.58. The Hall–Kier alpha value is -1.91. The Kier molecular flexibility index (Phi) is 7.47. The van der Waals surface area contributed by atoms with Crippen LogP contribution >= 0.6 is 0 Å². The summed E-state index contributed by atoms with van der Waals surface area (Å²) in [5, 5.41) is 11.2. The third-order valence-electron chi connectivity index (χ3n) is 4.66. The Bertz CT molecular complexity index is 850. The van der Waals surface area contributed by atoms with Gasteiger partial charge in [-0.05, 0) is 37.0 Å². The second-order valence-corrected chi connectivity index (χ2v) is 8.94. The first-order chi connectivity index (χ1) is 13.5. The van der Waals surface area contributed by atoms with Crippen molar-refractivity contribution in [2.24, 2.45) is 0 Å². The van der Waals surface area contributed by atoms with Crippen LogP contribution in [0.4, 0.5) is 13.2 Å². The molecule has 1 aromatic rings. The number of alkyl halides is 3. The molecule has 2 N–H and O–H groups in total. The number of aliphatic hydroxyl groups excluding tert-OH is 1. The third kappa shape index (κ3) is 5.80. The first-order valence-corrected chi connectivity index (χ1v) is 11.0. The number of ether oxygens (including phenoxy) is 1. The van der Waals surface area contributed by atoms with Gasteiger partial charge < -0.3 is 15.2 Å². The predicted octanol–water partition coefficient (Wildman–Crippen LogP) is 2.52. The molecule has 1 aliphatic rings. The van der Waals surface area contributed by atoms with E-state index in [1.165, 1.54) is 30.3 Å². The Morgan fingerprint density at radius 3 is 2.52 bits per heavy atom. The number of hydrogen-bond donors (Lipinski definition) is 2. The van der Waals surface area contributed by atoms with Crippen LogP contribution in [-0.4, -0.2) is 50.7 Å². The summed E-state index contributed by atoms with van der Waals surface area (Å²) in [6.45, 7) is -0.620. The molecule has 1 heterocycles. The molecule has 1 aromatic carbocycles. The molecule has 6 nitrogen and oxygen atoms in total. The van der Waals surface area contributed by atoms with Crippen LogP contribution in [0.15, 0.2) is 40.8 Å². The van der Waals surface area contributed by atoms with Gasteiger partial charge in [-0.15, -0.1) is 0 Å². The highest BCUT2D eigenvalue weighted by Gasteiger charge is 2.62. The van der Waals surface area contributed by atoms with Gasteiger partial charge in [0.25, 0.3) is 5.91 Å². The standard InChI is InChI=1S/C19H24F3NO5S/c1-29(26,27)16-8-6-15(7-9-16)13-23-17(25)18(19(20,21)22)12-14(4-2-10-24)5-3-11-28-18/h4,6-9,24H,2-3,5,10-13H2,1H3,(H,23,25)/b14-4+. The van der Waals surface area contributed by atoms with Crippen molar-refractivity contribution >= 4 is 15.7 Å². The molecular formula is C19H24F3NO5S. The molecule has 29 heavy (non-hydrogen) atoms. The van der Waals surface area contributed by atoms with Gasteiger partial charge in [0.2, 0.25) is 5.60 Å². The maximum absolute atomic E-state index is 13.9. The molecule has 1 amide bonds. The predicted molar refractivity (Wildman–Crippen MR) is 99.8 cm³/mol. The minimum atomic E-state index is -4.93. The van der Waals surface area contributed by atoms with Gasteiger partial charge in [-0.2, -0.15) is 13.2 Å². The van der Waals surface area contributed by atoms with Gasteiger partial charge in [0.05, 0.1) is 4.90 Å². The van der Waals surface area contributed by atoms with Gasteiger partial charge in [0, 0.05) is 32.4 Å². The monoisotopic (exact) mass is 435 g/mol. The van der Waals surface area contributed by atoms with Gasteiger partial charge in [0.15, 0.2) is 9.84 Å². The van der Waals surface area contributed by atoms with Crippen molar-refractivity contribution < 1.29 is 36.2 Å². The largest absolute Gasteiger partial charge is 0.426 e. The van der Waals surface area contributed by atoms with Gasteiger partial charge in [0.1, 0.15) is 0 Å². The van der Waals surface area contributed by atoms with E-state index in [1.807, 2.05) is 0 Å². The molecule has 10 heteroatoms. The molecule has 0 spiro atoms. The van der Waals surface area contributed by atoms with Gasteiger partial charge >= 0.3 is 6.18 Å². The van der Waals surface area contributed by atoms with E-state index in [1.54, 1.807) is 0 Å². The number of halogens is 3. The van der Waals surface area contributed by atoms with Crippen molar-refractivity contribution in [3.8, 4) is 0 Å². The first kappa shape index (κ1) is 23.4. The van der Waals surface area contributed by atoms with Crippen LogP contribution in [0.25, 0.3) is 0 Å². The fourth-order valence-corrected chi connectivity index (χ4v) is 3.71. The van der Waals surface area contributed by atoms with Crippen LogP contribution in [0.1, 0.15) is 31.2 Å². The van der Waals surface area contributed by atoms with Crippen LogP contribution in [0.5, 0.6) is 0 Å². The molecule has 0 saturated carbocycles. The van der Waals surface area contributed by atoms with E-state index in [0.29, 0.717) is 24.0 Å². The number of nitrogens with one attached hydrogen (secondary N) is 1. The van der Waals surface area contributed by atoms with E-state index in [4.69, 9.17) is 9.84 Å². The summed E-state index contributed by atoms with van der Waals surface area (Å²) < 4.78 is 69.7. The molecule has 1 aliphatic heterocycles. The fraction of sp³-hybridized carbons (Fsp3) is 0.526. The molecule has 2 rings (SSSR count). The van der Waals surface area contributed by atoms with Crippen molar-refractivity contribution in [1.29, 1.82) is 0 Å². The zero-order chi connectivity index (χ0) is 21.7. The average Bonchev–Trinajstić information content (AvgIpc) is 2.87. The maximum Gasteiger partial charge on any atom is 0.426 e. The summed E-state index contributed by atoms with van der Waals surface area (Å²) in [6.07, 6.45) is -2.09. The SMILES string of the molecule is CS(=O)(=O)c1ccc(CNC(=O)C2(C(F)(F)F)C/C(=C/CCO)CCCO2)cc1. The van der Waals surface area contributed by atoms with E-state index in [-0.39, 0.29) is 31.1 Å². The van der Waals surface area contributed by atoms with Crippen molar-refractivity contribution in [2.45, 2.75) is 48.9 Å². The van der Waals surface area contributed by atoms with Crippen LogP contribution in [-0.2, 0) is 25.9 Å². The van der Waals surface area contributed by atoms with Gasteiger partial charge in [-0.1, -0.05) is 23.8 Å². The first-order valence-electron chi connectivity index (χ1n) is 9.06. The van der Waals surface area contributed by atoms with E-state index in [0.717, 1.165) is 6.26 Å². The quantitative estimate of drug-likeness (QED) is 0.670. The van der Waals surface area contributed by atoms with E-state index < -0.39 is 33.9 Å². The summed E-state index contributed by atoms with van der Waals surface area (Å²) in [5.41, 5.74) is -2.13. The number of carbonyl (C=O) groups is 1. The lowest BCUT2D eigenvalue weighted by Gasteiger charge is -2.33. The number of benzene rings is 1. The lowest BCUT2D eigenvalue weighted by molar-refractivity contribution is -0.265. The number of amides is 1. The van der Waals surface area contributed by atoms with Crippen molar-refractivity contribution in [3.63, 3.8) is 0 Å². The topological polar surface area (TPSA) is 92.7 Å². The Labute approximate surface area is 167 Å². The summed E-state index contributed by atoms with van der Waals surface area (Å²) in [6, 6.07) is 5.51. The number of rotatable bonds is 6. The summed E-state index contributed by atoms with van der Waals surface area (Å²) >= 11 is 0. The normalized spacial score (nSPS) is 22.3. The zero-order valence-corrected chi connectivity index (χ0v) is 16.8. The molecule has 0 aromatic heterocycles. The third-order valence-corrected chi connectivity index (χ3v) is 5.79. The van der Waals surface area contributed by atoms with E-state index in [9.17, 15) is 26.4 Å². The maximum atomic E-state index is 13.9. The van der Waals surface area contributed by atoms with Gasteiger partial charge in [-0.3, -0.25) is 4.79 Å². The molecule has 0 bridgehead atoms. The zero-order valence-electron chi connectivity index (χ0n) is 16.0. The highest BCUT2D eigenvalue weighted by molar-refractivity contribution is 7.90. The molecule has 162 valence electrons. The van der Waals surface area contributed by atoms with E-state index in [2.05, 4.69) is 5.32 Å². The number of carbonyl (C=O) groups excluding carboxylic acids is 1. The smallest absolute Gasteiger partial charge is 0.396 e. The molecular weight excluding hydrogens is 411 g/mol. The van der Waals surface area contributed by atoms with E-state index >= 15 is 0 Å². The van der Waals surface area contributed by atoms with Crippen molar-refractivity contribution in [3.05, 3.63) is 41.5 Å². The summed E-state index contributed by atoms with van der Waals surface area (Å²) in [5.74, 6) is -1.30. The molecule has 1 fully saturated rings.